The second-order valence-electron chi connectivity index (χ2n) is 2.59. The SMILES string of the molecule is COC(=O)[C@H](CN)c1cnnn1C. The highest BCUT2D eigenvalue weighted by atomic mass is 16.5. The highest BCUT2D eigenvalue weighted by Gasteiger charge is 2.22. The van der Waals surface area contributed by atoms with Gasteiger partial charge in [-0.3, -0.25) is 9.48 Å². The molecular weight excluding hydrogens is 172 g/mol. The zero-order valence-electron chi connectivity index (χ0n) is 7.60. The number of carbonyl (C=O) groups excluding carboxylic acids is 1. The third kappa shape index (κ3) is 1.83. The summed E-state index contributed by atoms with van der Waals surface area (Å²) in [6.07, 6.45) is 1.51. The largest absolute Gasteiger partial charge is 0.468 e. The molecule has 6 nitrogen and oxygen atoms in total. The van der Waals surface area contributed by atoms with Gasteiger partial charge in [-0.05, 0) is 0 Å². The Morgan fingerprint density at radius 2 is 2.54 bits per heavy atom. The molecule has 1 atom stereocenters. The molecule has 0 aliphatic heterocycles. The van der Waals surface area contributed by atoms with Crippen molar-refractivity contribution >= 4 is 5.97 Å². The van der Waals surface area contributed by atoms with Crippen LogP contribution >= 0.6 is 0 Å². The van der Waals surface area contributed by atoms with Crippen molar-refractivity contribution in [2.45, 2.75) is 5.92 Å². The first-order valence-electron chi connectivity index (χ1n) is 3.83. The summed E-state index contributed by atoms with van der Waals surface area (Å²) in [4.78, 5) is 11.2. The number of hydrogen-bond acceptors (Lipinski definition) is 5. The van der Waals surface area contributed by atoms with Crippen LogP contribution in [0.15, 0.2) is 6.20 Å². The van der Waals surface area contributed by atoms with Gasteiger partial charge in [0.05, 0.1) is 19.0 Å². The van der Waals surface area contributed by atoms with Crippen molar-refractivity contribution in [1.29, 1.82) is 0 Å². The number of methoxy groups -OCH3 is 1. The maximum absolute atomic E-state index is 11.2. The molecule has 0 aromatic carbocycles. The Labute approximate surface area is 75.7 Å². The number of aromatic nitrogens is 3. The van der Waals surface area contributed by atoms with Crippen LogP contribution in [-0.4, -0.2) is 34.6 Å². The lowest BCUT2D eigenvalue weighted by atomic mass is 10.1. The molecule has 13 heavy (non-hydrogen) atoms. The minimum atomic E-state index is -0.481. The average Bonchev–Trinajstić information content (AvgIpc) is 2.53. The highest BCUT2D eigenvalue weighted by Crippen LogP contribution is 2.13. The van der Waals surface area contributed by atoms with Gasteiger partial charge in [-0.15, -0.1) is 5.10 Å². The number of rotatable bonds is 3. The Kier molecular flexibility index (Phi) is 2.97. The van der Waals surface area contributed by atoms with Crippen molar-refractivity contribution in [2.24, 2.45) is 12.8 Å². The van der Waals surface area contributed by atoms with Crippen LogP contribution in [0.4, 0.5) is 0 Å². The Hall–Kier alpha value is -1.43. The summed E-state index contributed by atoms with van der Waals surface area (Å²) in [5, 5.41) is 7.36. The fraction of sp³-hybridized carbons (Fsp3) is 0.571. The minimum Gasteiger partial charge on any atom is -0.468 e. The van der Waals surface area contributed by atoms with E-state index >= 15 is 0 Å². The van der Waals surface area contributed by atoms with Crippen LogP contribution in [0.1, 0.15) is 11.6 Å². The number of nitrogens with zero attached hydrogens (tertiary/aromatic N) is 3. The third-order valence-corrected chi connectivity index (χ3v) is 1.83. The van der Waals surface area contributed by atoms with Gasteiger partial charge in [0, 0.05) is 13.6 Å². The summed E-state index contributed by atoms with van der Waals surface area (Å²) in [6, 6.07) is 0. The van der Waals surface area contributed by atoms with E-state index < -0.39 is 5.92 Å². The van der Waals surface area contributed by atoms with E-state index in [1.165, 1.54) is 18.0 Å². The molecule has 1 aromatic heterocycles. The summed E-state index contributed by atoms with van der Waals surface area (Å²) in [5.74, 6) is -0.849. The predicted octanol–water partition coefficient (Wildman–Crippen LogP) is -0.970. The van der Waals surface area contributed by atoms with Crippen molar-refractivity contribution in [2.75, 3.05) is 13.7 Å². The van der Waals surface area contributed by atoms with E-state index in [-0.39, 0.29) is 12.5 Å². The normalized spacial score (nSPS) is 12.5. The fourth-order valence-electron chi connectivity index (χ4n) is 1.09. The molecule has 6 heteroatoms. The van der Waals surface area contributed by atoms with E-state index in [9.17, 15) is 4.79 Å². The highest BCUT2D eigenvalue weighted by molar-refractivity contribution is 5.77. The first-order chi connectivity index (χ1) is 6.20. The number of carbonyl (C=O) groups is 1. The zero-order valence-corrected chi connectivity index (χ0v) is 7.60. The maximum atomic E-state index is 11.2. The third-order valence-electron chi connectivity index (χ3n) is 1.83. The van der Waals surface area contributed by atoms with Crippen molar-refractivity contribution in [3.8, 4) is 0 Å². The summed E-state index contributed by atoms with van der Waals surface area (Å²) in [5.41, 5.74) is 6.10. The quantitative estimate of drug-likeness (QED) is 0.611. The van der Waals surface area contributed by atoms with E-state index in [0.29, 0.717) is 5.69 Å². The van der Waals surface area contributed by atoms with E-state index in [4.69, 9.17) is 5.73 Å². The van der Waals surface area contributed by atoms with Crippen LogP contribution in [-0.2, 0) is 16.6 Å². The van der Waals surface area contributed by atoms with Crippen LogP contribution in [0.5, 0.6) is 0 Å². The molecule has 2 N–H and O–H groups in total. The molecule has 0 aliphatic carbocycles. The number of ether oxygens (including phenoxy) is 1. The second kappa shape index (κ2) is 3.99. The monoisotopic (exact) mass is 184 g/mol. The van der Waals surface area contributed by atoms with Crippen LogP contribution < -0.4 is 5.73 Å². The van der Waals surface area contributed by atoms with Crippen molar-refractivity contribution in [3.63, 3.8) is 0 Å². The number of nitrogens with two attached hydrogens (primary N) is 1. The van der Waals surface area contributed by atoms with Gasteiger partial charge in [0.25, 0.3) is 0 Å². The van der Waals surface area contributed by atoms with Crippen molar-refractivity contribution in [1.82, 2.24) is 15.0 Å². The van der Waals surface area contributed by atoms with E-state index in [0.717, 1.165) is 0 Å². The lowest BCUT2D eigenvalue weighted by molar-refractivity contribution is -0.142. The van der Waals surface area contributed by atoms with Crippen LogP contribution in [0.25, 0.3) is 0 Å². The molecule has 1 heterocycles. The average molecular weight is 184 g/mol. The second-order valence-corrected chi connectivity index (χ2v) is 2.59. The first-order valence-corrected chi connectivity index (χ1v) is 3.83. The molecular formula is C7H12N4O2. The fourth-order valence-corrected chi connectivity index (χ4v) is 1.09. The Morgan fingerprint density at radius 3 is 2.92 bits per heavy atom. The van der Waals surface area contributed by atoms with Crippen molar-refractivity contribution in [3.05, 3.63) is 11.9 Å². The molecule has 0 saturated carbocycles. The van der Waals surface area contributed by atoms with Crippen molar-refractivity contribution < 1.29 is 9.53 Å². The standard InChI is InChI=1S/C7H12N4O2/c1-11-6(4-9-10-11)5(3-8)7(12)13-2/h4-5H,3,8H2,1-2H3/t5-/m1/s1. The summed E-state index contributed by atoms with van der Waals surface area (Å²) in [7, 11) is 3.03. The Balaban J connectivity index is 2.90. The molecule has 0 fully saturated rings. The molecule has 0 saturated heterocycles. The van der Waals surface area contributed by atoms with E-state index in [1.54, 1.807) is 7.05 Å². The lowest BCUT2D eigenvalue weighted by Gasteiger charge is -2.10. The van der Waals surface area contributed by atoms with Crippen LogP contribution in [0.2, 0.25) is 0 Å². The zero-order chi connectivity index (χ0) is 9.84. The van der Waals surface area contributed by atoms with E-state index in [2.05, 4.69) is 15.0 Å². The number of esters is 1. The van der Waals surface area contributed by atoms with Gasteiger partial charge in [0.15, 0.2) is 0 Å². The maximum Gasteiger partial charge on any atom is 0.316 e. The number of hydrogen-bond donors (Lipinski definition) is 1. The van der Waals surface area contributed by atoms with Gasteiger partial charge in [-0.1, -0.05) is 5.21 Å². The van der Waals surface area contributed by atoms with Gasteiger partial charge in [-0.25, -0.2) is 0 Å². The Bertz CT molecular complexity index is 296. The summed E-state index contributed by atoms with van der Waals surface area (Å²) in [6.45, 7) is 0.188. The summed E-state index contributed by atoms with van der Waals surface area (Å²) >= 11 is 0. The van der Waals surface area contributed by atoms with Gasteiger partial charge in [0.2, 0.25) is 0 Å². The molecule has 0 amide bonds. The first kappa shape index (κ1) is 9.66. The van der Waals surface area contributed by atoms with E-state index in [1.807, 2.05) is 0 Å². The lowest BCUT2D eigenvalue weighted by Crippen LogP contribution is -2.24. The van der Waals surface area contributed by atoms with Gasteiger partial charge in [0.1, 0.15) is 5.92 Å². The Morgan fingerprint density at radius 1 is 1.85 bits per heavy atom. The molecule has 72 valence electrons. The topological polar surface area (TPSA) is 83.0 Å². The predicted molar refractivity (Wildman–Crippen MR) is 44.8 cm³/mol. The molecule has 0 bridgehead atoms. The van der Waals surface area contributed by atoms with Crippen LogP contribution in [0.3, 0.4) is 0 Å². The molecule has 0 aliphatic rings. The minimum absolute atomic E-state index is 0.188. The molecule has 1 rings (SSSR count). The number of aryl methyl sites for hydroxylation is 1. The van der Waals surface area contributed by atoms with Gasteiger partial charge in [-0.2, -0.15) is 0 Å². The van der Waals surface area contributed by atoms with Gasteiger partial charge < -0.3 is 10.5 Å². The molecule has 0 spiro atoms. The van der Waals surface area contributed by atoms with Crippen LogP contribution in [0, 0.1) is 0 Å². The summed E-state index contributed by atoms with van der Waals surface area (Å²) < 4.78 is 6.10. The molecule has 0 unspecified atom stereocenters. The smallest absolute Gasteiger partial charge is 0.316 e. The molecule has 0 radical (unpaired) electrons. The molecule has 1 aromatic rings. The van der Waals surface area contributed by atoms with Gasteiger partial charge >= 0.3 is 5.97 Å².